The molecular weight excluding hydrogens is 550 g/mol. The molecule has 11 nitrogen and oxygen atoms in total. The van der Waals surface area contributed by atoms with Gasteiger partial charge < -0.3 is 29.4 Å². The van der Waals surface area contributed by atoms with E-state index in [2.05, 4.69) is 25.3 Å². The number of rotatable bonds is 7. The topological polar surface area (TPSA) is 135 Å². The Morgan fingerprint density at radius 1 is 1.10 bits per heavy atom. The molecule has 1 atom stereocenters. The van der Waals surface area contributed by atoms with Crippen molar-refractivity contribution in [1.82, 2.24) is 20.2 Å². The van der Waals surface area contributed by atoms with Crippen molar-refractivity contribution >= 4 is 35.4 Å². The minimum atomic E-state index is -0.696. The number of methoxy groups -OCH3 is 1. The number of hydrogen-bond donors (Lipinski definition) is 3. The number of aromatic nitrogens is 2. The lowest BCUT2D eigenvalue weighted by Crippen LogP contribution is -2.40. The highest BCUT2D eigenvalue weighted by Crippen LogP contribution is 2.29. The van der Waals surface area contributed by atoms with Crippen molar-refractivity contribution in [2.75, 3.05) is 38.7 Å². The van der Waals surface area contributed by atoms with Crippen molar-refractivity contribution in [1.29, 1.82) is 0 Å². The summed E-state index contributed by atoms with van der Waals surface area (Å²) in [5, 5.41) is 5.84. The average molecular weight is 584 g/mol. The van der Waals surface area contributed by atoms with Crippen LogP contribution in [-0.4, -0.2) is 72.0 Å². The maximum atomic E-state index is 13.1. The Hall–Kier alpha value is -4.09. The van der Waals surface area contributed by atoms with Gasteiger partial charge in [0.2, 0.25) is 0 Å². The highest BCUT2D eigenvalue weighted by molar-refractivity contribution is 6.31. The molecular formula is C29H34ClN5O6. The van der Waals surface area contributed by atoms with Crippen LogP contribution in [0.3, 0.4) is 0 Å². The molecule has 1 aromatic heterocycles. The van der Waals surface area contributed by atoms with E-state index in [-0.39, 0.29) is 12.3 Å². The SMILES string of the molecule is COC(=O)Nc1ccc(-c2nc(C[C@H](NC(=O)OC(C)(C)C)c3cccc(C(=O)N4CCOCC4)c3)[nH]c2Cl)cc1. The van der Waals surface area contributed by atoms with Crippen LogP contribution in [0.15, 0.2) is 48.5 Å². The van der Waals surface area contributed by atoms with E-state index in [1.807, 2.05) is 6.07 Å². The van der Waals surface area contributed by atoms with Crippen LogP contribution < -0.4 is 10.6 Å². The number of carbonyl (C=O) groups is 3. The molecule has 0 aliphatic carbocycles. The Kier molecular flexibility index (Phi) is 9.51. The lowest BCUT2D eigenvalue weighted by Gasteiger charge is -2.27. The van der Waals surface area contributed by atoms with E-state index >= 15 is 0 Å². The zero-order valence-electron chi connectivity index (χ0n) is 23.5. The van der Waals surface area contributed by atoms with Crippen LogP contribution in [0.4, 0.5) is 15.3 Å². The van der Waals surface area contributed by atoms with Crippen molar-refractivity contribution in [2.45, 2.75) is 38.8 Å². The summed E-state index contributed by atoms with van der Waals surface area (Å²) < 4.78 is 15.5. The van der Waals surface area contributed by atoms with Gasteiger partial charge in [0.25, 0.3) is 5.91 Å². The quantitative estimate of drug-likeness (QED) is 0.348. The predicted molar refractivity (Wildman–Crippen MR) is 154 cm³/mol. The van der Waals surface area contributed by atoms with Gasteiger partial charge in [-0.05, 0) is 50.6 Å². The van der Waals surface area contributed by atoms with Gasteiger partial charge in [0.1, 0.15) is 22.3 Å². The van der Waals surface area contributed by atoms with Crippen molar-refractivity contribution in [2.24, 2.45) is 0 Å². The van der Waals surface area contributed by atoms with Gasteiger partial charge in [-0.15, -0.1) is 0 Å². The summed E-state index contributed by atoms with van der Waals surface area (Å²) in [5.41, 5.74) is 2.32. The summed E-state index contributed by atoms with van der Waals surface area (Å²) in [5.74, 6) is 0.423. The first-order chi connectivity index (χ1) is 19.5. The molecule has 2 heterocycles. The number of aromatic amines is 1. The van der Waals surface area contributed by atoms with Gasteiger partial charge in [0.15, 0.2) is 0 Å². The van der Waals surface area contributed by atoms with Crippen LogP contribution in [-0.2, 0) is 20.6 Å². The molecule has 3 aromatic rings. The minimum absolute atomic E-state index is 0.0976. The van der Waals surface area contributed by atoms with Crippen molar-refractivity contribution in [3.63, 3.8) is 0 Å². The fraction of sp³-hybridized carbons (Fsp3) is 0.379. The third-order valence-corrected chi connectivity index (χ3v) is 6.50. The molecule has 1 saturated heterocycles. The molecule has 218 valence electrons. The Morgan fingerprint density at radius 3 is 2.46 bits per heavy atom. The number of nitrogens with zero attached hydrogens (tertiary/aromatic N) is 2. The molecule has 3 N–H and O–H groups in total. The fourth-order valence-electron chi connectivity index (χ4n) is 4.30. The third kappa shape index (κ3) is 8.21. The van der Waals surface area contributed by atoms with Crippen LogP contribution >= 0.6 is 11.6 Å². The number of amides is 3. The number of benzene rings is 2. The number of anilines is 1. The third-order valence-electron chi connectivity index (χ3n) is 6.22. The number of halogens is 1. The van der Waals surface area contributed by atoms with E-state index in [9.17, 15) is 14.4 Å². The Bertz CT molecular complexity index is 1380. The number of H-pyrrole nitrogens is 1. The van der Waals surface area contributed by atoms with Gasteiger partial charge in [-0.1, -0.05) is 35.9 Å². The number of alkyl carbamates (subject to hydrolysis) is 1. The summed E-state index contributed by atoms with van der Waals surface area (Å²) in [6.45, 7) is 7.40. The molecule has 1 fully saturated rings. The second-order valence-electron chi connectivity index (χ2n) is 10.5. The molecule has 3 amide bonds. The highest BCUT2D eigenvalue weighted by Gasteiger charge is 2.25. The molecule has 1 aliphatic rings. The van der Waals surface area contributed by atoms with Crippen LogP contribution in [0.5, 0.6) is 0 Å². The van der Waals surface area contributed by atoms with E-state index < -0.39 is 23.8 Å². The van der Waals surface area contributed by atoms with Crippen molar-refractivity contribution in [3.05, 3.63) is 70.6 Å². The maximum Gasteiger partial charge on any atom is 0.411 e. The number of carbonyl (C=O) groups excluding carboxylic acids is 3. The monoisotopic (exact) mass is 583 g/mol. The second-order valence-corrected chi connectivity index (χ2v) is 10.9. The standard InChI is InChI=1S/C29H34ClN5O6/c1-29(2,3)41-28(38)32-22(19-6-5-7-20(16-19)26(36)35-12-14-40-15-13-35)17-23-33-24(25(30)34-23)18-8-10-21(11-9-18)31-27(37)39-4/h5-11,16,22H,12-15,17H2,1-4H3,(H,31,37)(H,32,38)(H,33,34)/t22-/m0/s1. The molecule has 0 saturated carbocycles. The van der Waals surface area contributed by atoms with Gasteiger partial charge >= 0.3 is 12.2 Å². The van der Waals surface area contributed by atoms with E-state index in [0.29, 0.717) is 59.8 Å². The van der Waals surface area contributed by atoms with E-state index in [0.717, 1.165) is 5.56 Å². The fourth-order valence-corrected chi connectivity index (χ4v) is 4.56. The Balaban J connectivity index is 1.58. The molecule has 0 radical (unpaired) electrons. The maximum absolute atomic E-state index is 13.1. The first-order valence-electron chi connectivity index (χ1n) is 13.2. The van der Waals surface area contributed by atoms with E-state index in [4.69, 9.17) is 21.1 Å². The normalized spacial score (nSPS) is 14.2. The molecule has 2 aromatic carbocycles. The molecule has 0 spiro atoms. The lowest BCUT2D eigenvalue weighted by molar-refractivity contribution is 0.0303. The first kappa shape index (κ1) is 29.9. The van der Waals surface area contributed by atoms with Gasteiger partial charge in [0, 0.05) is 36.3 Å². The van der Waals surface area contributed by atoms with Crippen molar-refractivity contribution in [3.8, 4) is 11.3 Å². The summed E-state index contributed by atoms with van der Waals surface area (Å²) in [4.78, 5) is 46.9. The van der Waals surface area contributed by atoms with Crippen LogP contribution in [0.25, 0.3) is 11.3 Å². The number of nitrogens with one attached hydrogen (secondary N) is 3. The number of morpholine rings is 1. The molecule has 0 unspecified atom stereocenters. The molecule has 12 heteroatoms. The molecule has 41 heavy (non-hydrogen) atoms. The number of imidazole rings is 1. The summed E-state index contributed by atoms with van der Waals surface area (Å²) >= 11 is 6.52. The van der Waals surface area contributed by atoms with Crippen LogP contribution in [0, 0.1) is 0 Å². The Morgan fingerprint density at radius 2 is 1.80 bits per heavy atom. The van der Waals surface area contributed by atoms with Crippen LogP contribution in [0.2, 0.25) is 5.15 Å². The molecule has 4 rings (SSSR count). The first-order valence-corrected chi connectivity index (χ1v) is 13.6. The molecule has 0 bridgehead atoms. The average Bonchev–Trinajstić information content (AvgIpc) is 3.31. The zero-order valence-corrected chi connectivity index (χ0v) is 24.2. The number of ether oxygens (including phenoxy) is 3. The van der Waals surface area contributed by atoms with Gasteiger partial charge in [-0.2, -0.15) is 0 Å². The van der Waals surface area contributed by atoms with Crippen LogP contribution in [0.1, 0.15) is 48.6 Å². The van der Waals surface area contributed by atoms with Gasteiger partial charge in [-0.25, -0.2) is 14.6 Å². The summed E-state index contributed by atoms with van der Waals surface area (Å²) in [6, 6.07) is 13.5. The zero-order chi connectivity index (χ0) is 29.6. The van der Waals surface area contributed by atoms with Gasteiger partial charge in [-0.3, -0.25) is 10.1 Å². The number of hydrogen-bond acceptors (Lipinski definition) is 7. The smallest absolute Gasteiger partial charge is 0.411 e. The Labute approximate surface area is 243 Å². The summed E-state index contributed by atoms with van der Waals surface area (Å²) in [6.07, 6.45) is -0.924. The van der Waals surface area contributed by atoms with Crippen molar-refractivity contribution < 1.29 is 28.6 Å². The van der Waals surface area contributed by atoms with Gasteiger partial charge in [0.05, 0.1) is 26.4 Å². The second kappa shape index (κ2) is 13.0. The largest absolute Gasteiger partial charge is 0.453 e. The lowest BCUT2D eigenvalue weighted by atomic mass is 10.0. The minimum Gasteiger partial charge on any atom is -0.453 e. The van der Waals surface area contributed by atoms with E-state index in [1.165, 1.54) is 7.11 Å². The van der Waals surface area contributed by atoms with E-state index in [1.54, 1.807) is 68.1 Å². The summed E-state index contributed by atoms with van der Waals surface area (Å²) in [7, 11) is 1.29. The molecule has 1 aliphatic heterocycles. The highest BCUT2D eigenvalue weighted by atomic mass is 35.5. The predicted octanol–water partition coefficient (Wildman–Crippen LogP) is 5.19.